The average Bonchev–Trinajstić information content (AvgIpc) is 2.36. The number of nitrogens with zero attached hydrogens (tertiary/aromatic N) is 1. The van der Waals surface area contributed by atoms with Crippen LogP contribution in [0.2, 0.25) is 0 Å². The van der Waals surface area contributed by atoms with Gasteiger partial charge in [0.25, 0.3) is 11.6 Å². The number of nitrogens with two attached hydrogens (primary N) is 1. The first-order valence-electron chi connectivity index (χ1n) is 5.43. The maximum absolute atomic E-state index is 11.8. The molecule has 0 aliphatic carbocycles. The molecule has 108 valence electrons. The van der Waals surface area contributed by atoms with E-state index >= 15 is 0 Å². The van der Waals surface area contributed by atoms with Crippen LogP contribution in [0.5, 0.6) is 0 Å². The molecule has 0 radical (unpaired) electrons. The number of nitro groups is 1. The van der Waals surface area contributed by atoms with Crippen LogP contribution in [0.25, 0.3) is 0 Å². The van der Waals surface area contributed by atoms with Gasteiger partial charge in [-0.1, -0.05) is 0 Å². The number of carbonyl (C=O) groups excluding carboxylic acids is 1. The molecule has 20 heavy (non-hydrogen) atoms. The fraction of sp³-hybridized carbons (Fsp3) is 0.273. The Balaban J connectivity index is 2.90. The highest BCUT2D eigenvalue weighted by Gasteiger charge is 2.30. The molecule has 0 bridgehead atoms. The molecule has 0 saturated heterocycles. The number of nitrogen functional groups attached to an aromatic ring is 1. The molecule has 9 nitrogen and oxygen atoms in total. The number of carboxylic acid groups (broad SMARTS) is 1. The fourth-order valence-corrected chi connectivity index (χ4v) is 1.28. The molecule has 0 fully saturated rings. The second-order valence-electron chi connectivity index (χ2n) is 4.29. The second-order valence-corrected chi connectivity index (χ2v) is 4.29. The lowest BCUT2D eigenvalue weighted by Crippen LogP contribution is -2.46. The van der Waals surface area contributed by atoms with E-state index in [0.29, 0.717) is 0 Å². The number of hydrogen-bond acceptors (Lipinski definition) is 6. The van der Waals surface area contributed by atoms with Crippen LogP contribution >= 0.6 is 0 Å². The standard InChI is InChI=1S/C11H13N3O6/c1-11(18,10(16)17)5-13-9(15)7-4-6(14(19)20)2-3-8(7)12/h2-4,18H,5,12H2,1H3,(H,13,15)(H,16,17). The Hall–Kier alpha value is -2.68. The molecule has 5 N–H and O–H groups in total. The third kappa shape index (κ3) is 3.42. The molecule has 0 heterocycles. The van der Waals surface area contributed by atoms with Gasteiger partial charge in [0.2, 0.25) is 0 Å². The van der Waals surface area contributed by atoms with Gasteiger partial charge >= 0.3 is 5.97 Å². The van der Waals surface area contributed by atoms with E-state index < -0.39 is 28.9 Å². The van der Waals surface area contributed by atoms with Gasteiger partial charge in [-0.3, -0.25) is 14.9 Å². The number of nitro benzene ring substituents is 1. The van der Waals surface area contributed by atoms with E-state index in [1.165, 1.54) is 6.07 Å². The topological polar surface area (TPSA) is 156 Å². The molecule has 1 amide bonds. The van der Waals surface area contributed by atoms with Crippen molar-refractivity contribution in [1.29, 1.82) is 0 Å². The summed E-state index contributed by atoms with van der Waals surface area (Å²) in [4.78, 5) is 32.4. The monoisotopic (exact) mass is 283 g/mol. The number of non-ortho nitro benzene ring substituents is 1. The van der Waals surface area contributed by atoms with Gasteiger partial charge in [0.05, 0.1) is 17.0 Å². The van der Waals surface area contributed by atoms with Gasteiger partial charge in [-0.15, -0.1) is 0 Å². The summed E-state index contributed by atoms with van der Waals surface area (Å²) in [5, 5.41) is 30.9. The summed E-state index contributed by atoms with van der Waals surface area (Å²) in [5.74, 6) is -2.32. The van der Waals surface area contributed by atoms with Crippen LogP contribution in [0, 0.1) is 10.1 Å². The van der Waals surface area contributed by atoms with Crippen LogP contribution in [-0.2, 0) is 4.79 Å². The lowest BCUT2D eigenvalue weighted by Gasteiger charge is -2.18. The number of amides is 1. The molecule has 0 spiro atoms. The molecular weight excluding hydrogens is 270 g/mol. The van der Waals surface area contributed by atoms with Crippen molar-refractivity contribution in [3.8, 4) is 0 Å². The van der Waals surface area contributed by atoms with Crippen LogP contribution in [0.4, 0.5) is 11.4 Å². The number of carboxylic acids is 1. The quantitative estimate of drug-likeness (QED) is 0.329. The predicted molar refractivity (Wildman–Crippen MR) is 68.1 cm³/mol. The number of aliphatic hydroxyl groups is 1. The SMILES string of the molecule is CC(O)(CNC(=O)c1cc([N+](=O)[O-])ccc1N)C(=O)O. The minimum Gasteiger partial charge on any atom is -0.479 e. The van der Waals surface area contributed by atoms with Gasteiger partial charge in [0.1, 0.15) is 0 Å². The zero-order valence-corrected chi connectivity index (χ0v) is 10.5. The number of benzene rings is 1. The number of aliphatic carboxylic acids is 1. The van der Waals surface area contributed by atoms with Crippen LogP contribution in [0.1, 0.15) is 17.3 Å². The molecule has 1 aromatic carbocycles. The van der Waals surface area contributed by atoms with E-state index in [1.54, 1.807) is 0 Å². The Kier molecular flexibility index (Phi) is 4.25. The molecule has 0 aliphatic heterocycles. The summed E-state index contributed by atoms with van der Waals surface area (Å²) in [6.45, 7) is 0.440. The Labute approximate surface area is 113 Å². The molecule has 1 atom stereocenters. The van der Waals surface area contributed by atoms with Gasteiger partial charge < -0.3 is 21.3 Å². The van der Waals surface area contributed by atoms with Crippen molar-refractivity contribution in [3.05, 3.63) is 33.9 Å². The number of nitrogens with one attached hydrogen (secondary N) is 1. The normalized spacial score (nSPS) is 13.3. The Morgan fingerprint density at radius 2 is 2.10 bits per heavy atom. The third-order valence-corrected chi connectivity index (χ3v) is 2.55. The zero-order chi connectivity index (χ0) is 15.5. The van der Waals surface area contributed by atoms with Crippen molar-refractivity contribution in [2.24, 2.45) is 0 Å². The Morgan fingerprint density at radius 1 is 1.50 bits per heavy atom. The summed E-state index contributed by atoms with van der Waals surface area (Å²) in [6.07, 6.45) is 0. The van der Waals surface area contributed by atoms with Gasteiger partial charge in [0, 0.05) is 17.8 Å². The van der Waals surface area contributed by atoms with Gasteiger partial charge in [0.15, 0.2) is 5.60 Å². The fourth-order valence-electron chi connectivity index (χ4n) is 1.28. The first-order valence-corrected chi connectivity index (χ1v) is 5.43. The third-order valence-electron chi connectivity index (χ3n) is 2.55. The number of carbonyl (C=O) groups is 2. The molecule has 0 aliphatic rings. The smallest absolute Gasteiger partial charge is 0.337 e. The van der Waals surface area contributed by atoms with Crippen LogP contribution in [0.15, 0.2) is 18.2 Å². The summed E-state index contributed by atoms with van der Waals surface area (Å²) < 4.78 is 0. The van der Waals surface area contributed by atoms with Crippen molar-refractivity contribution in [1.82, 2.24) is 5.32 Å². The summed E-state index contributed by atoms with van der Waals surface area (Å²) in [7, 11) is 0. The Bertz CT molecular complexity index is 569. The van der Waals surface area contributed by atoms with Crippen molar-refractivity contribution in [2.45, 2.75) is 12.5 Å². The number of rotatable bonds is 5. The largest absolute Gasteiger partial charge is 0.479 e. The van der Waals surface area contributed by atoms with Crippen LogP contribution < -0.4 is 11.1 Å². The van der Waals surface area contributed by atoms with Crippen molar-refractivity contribution in [3.63, 3.8) is 0 Å². The van der Waals surface area contributed by atoms with E-state index in [-0.39, 0.29) is 16.9 Å². The van der Waals surface area contributed by atoms with Crippen molar-refractivity contribution in [2.75, 3.05) is 12.3 Å². The summed E-state index contributed by atoms with van der Waals surface area (Å²) in [5.41, 5.74) is 2.89. The highest BCUT2D eigenvalue weighted by Crippen LogP contribution is 2.19. The number of anilines is 1. The predicted octanol–water partition coefficient (Wildman–Crippen LogP) is -0.258. The molecule has 1 aromatic rings. The summed E-state index contributed by atoms with van der Waals surface area (Å²) in [6, 6.07) is 3.31. The maximum atomic E-state index is 11.8. The highest BCUT2D eigenvalue weighted by atomic mass is 16.6. The highest BCUT2D eigenvalue weighted by molar-refractivity contribution is 6.00. The maximum Gasteiger partial charge on any atom is 0.337 e. The lowest BCUT2D eigenvalue weighted by atomic mass is 10.1. The minimum atomic E-state index is -2.15. The minimum absolute atomic E-state index is 0.00284. The lowest BCUT2D eigenvalue weighted by molar-refractivity contribution is -0.384. The van der Waals surface area contributed by atoms with E-state index in [2.05, 4.69) is 5.32 Å². The van der Waals surface area contributed by atoms with Crippen LogP contribution in [-0.4, -0.2) is 39.2 Å². The molecule has 9 heteroatoms. The van der Waals surface area contributed by atoms with Crippen molar-refractivity contribution >= 4 is 23.3 Å². The summed E-state index contributed by atoms with van der Waals surface area (Å²) >= 11 is 0. The van der Waals surface area contributed by atoms with Crippen molar-refractivity contribution < 1.29 is 24.7 Å². The molecule has 1 rings (SSSR count). The van der Waals surface area contributed by atoms with E-state index in [9.17, 15) is 24.8 Å². The van der Waals surface area contributed by atoms with E-state index in [0.717, 1.165) is 19.1 Å². The van der Waals surface area contributed by atoms with Gasteiger partial charge in [-0.05, 0) is 13.0 Å². The second kappa shape index (κ2) is 5.53. The molecule has 0 saturated carbocycles. The first kappa shape index (κ1) is 15.4. The van der Waals surface area contributed by atoms with E-state index in [4.69, 9.17) is 10.8 Å². The first-order chi connectivity index (χ1) is 9.15. The van der Waals surface area contributed by atoms with E-state index in [1.807, 2.05) is 0 Å². The molecular formula is C11H13N3O6. The van der Waals surface area contributed by atoms with Gasteiger partial charge in [-0.2, -0.15) is 0 Å². The molecule has 0 aromatic heterocycles. The van der Waals surface area contributed by atoms with Crippen LogP contribution in [0.3, 0.4) is 0 Å². The zero-order valence-electron chi connectivity index (χ0n) is 10.5. The Morgan fingerprint density at radius 3 is 2.60 bits per heavy atom. The molecule has 1 unspecified atom stereocenters. The average molecular weight is 283 g/mol. The van der Waals surface area contributed by atoms with Gasteiger partial charge in [-0.25, -0.2) is 4.79 Å². The number of hydrogen-bond donors (Lipinski definition) is 4.